The highest BCUT2D eigenvalue weighted by molar-refractivity contribution is 7.16. The van der Waals surface area contributed by atoms with Gasteiger partial charge in [0.25, 0.3) is 0 Å². The first-order valence-electron chi connectivity index (χ1n) is 6.78. The Morgan fingerprint density at radius 3 is 2.95 bits per heavy atom. The average molecular weight is 299 g/mol. The lowest BCUT2D eigenvalue weighted by molar-refractivity contribution is 0.201. The number of rotatable bonds is 7. The molecule has 0 saturated carbocycles. The summed E-state index contributed by atoms with van der Waals surface area (Å²) in [6.45, 7) is 4.30. The van der Waals surface area contributed by atoms with E-state index in [-0.39, 0.29) is 11.4 Å². The Labute approximate surface area is 123 Å². The zero-order valence-electron chi connectivity index (χ0n) is 11.4. The van der Waals surface area contributed by atoms with Gasteiger partial charge in [0.05, 0.1) is 11.5 Å². The SMILES string of the molecule is CCCCCCC(C)Oc1nc(Cl)nc2sccc12. The van der Waals surface area contributed by atoms with Crippen LogP contribution in [0.4, 0.5) is 0 Å². The van der Waals surface area contributed by atoms with Crippen molar-refractivity contribution in [2.45, 2.75) is 52.1 Å². The molecule has 0 fully saturated rings. The Bertz CT molecular complexity index is 529. The van der Waals surface area contributed by atoms with Gasteiger partial charge >= 0.3 is 0 Å². The number of ether oxygens (including phenoxy) is 1. The van der Waals surface area contributed by atoms with Gasteiger partial charge in [0.15, 0.2) is 0 Å². The van der Waals surface area contributed by atoms with Crippen LogP contribution >= 0.6 is 22.9 Å². The van der Waals surface area contributed by atoms with Gasteiger partial charge in [-0.3, -0.25) is 0 Å². The zero-order valence-corrected chi connectivity index (χ0v) is 12.9. The van der Waals surface area contributed by atoms with Gasteiger partial charge in [-0.15, -0.1) is 11.3 Å². The summed E-state index contributed by atoms with van der Waals surface area (Å²) in [7, 11) is 0. The van der Waals surface area contributed by atoms with Crippen LogP contribution in [0.1, 0.15) is 46.0 Å². The van der Waals surface area contributed by atoms with Gasteiger partial charge in [-0.25, -0.2) is 4.98 Å². The smallest absolute Gasteiger partial charge is 0.227 e. The van der Waals surface area contributed by atoms with Crippen LogP contribution in [0.3, 0.4) is 0 Å². The van der Waals surface area contributed by atoms with E-state index in [0.717, 1.165) is 16.6 Å². The van der Waals surface area contributed by atoms with Gasteiger partial charge in [0, 0.05) is 0 Å². The van der Waals surface area contributed by atoms with Gasteiger partial charge in [0.1, 0.15) is 4.83 Å². The van der Waals surface area contributed by atoms with Crippen molar-refractivity contribution in [1.29, 1.82) is 0 Å². The molecule has 2 aromatic rings. The molecule has 2 rings (SSSR count). The summed E-state index contributed by atoms with van der Waals surface area (Å²) >= 11 is 7.47. The van der Waals surface area contributed by atoms with Crippen molar-refractivity contribution in [3.8, 4) is 5.88 Å². The summed E-state index contributed by atoms with van der Waals surface area (Å²) in [4.78, 5) is 9.26. The third-order valence-corrected chi connectivity index (χ3v) is 4.02. The third kappa shape index (κ3) is 4.05. The van der Waals surface area contributed by atoms with Crippen LogP contribution in [-0.4, -0.2) is 16.1 Å². The molecule has 2 aromatic heterocycles. The molecule has 19 heavy (non-hydrogen) atoms. The number of hydrogen-bond donors (Lipinski definition) is 0. The largest absolute Gasteiger partial charge is 0.474 e. The molecule has 104 valence electrons. The average Bonchev–Trinajstić information content (AvgIpc) is 2.82. The van der Waals surface area contributed by atoms with Crippen molar-refractivity contribution in [2.75, 3.05) is 0 Å². The summed E-state index contributed by atoms with van der Waals surface area (Å²) in [5.74, 6) is 0.610. The fourth-order valence-electron chi connectivity index (χ4n) is 2.00. The monoisotopic (exact) mass is 298 g/mol. The minimum Gasteiger partial charge on any atom is -0.474 e. The number of nitrogens with zero attached hydrogens (tertiary/aromatic N) is 2. The molecule has 1 unspecified atom stereocenters. The molecule has 2 heterocycles. The molecule has 3 nitrogen and oxygen atoms in total. The molecule has 0 bridgehead atoms. The van der Waals surface area contributed by atoms with Gasteiger partial charge < -0.3 is 4.74 Å². The molecular formula is C14H19ClN2OS. The highest BCUT2D eigenvalue weighted by Gasteiger charge is 2.12. The predicted molar refractivity (Wildman–Crippen MR) is 81.3 cm³/mol. The molecule has 0 aliphatic rings. The van der Waals surface area contributed by atoms with Crippen molar-refractivity contribution in [1.82, 2.24) is 9.97 Å². The first-order valence-corrected chi connectivity index (χ1v) is 8.04. The van der Waals surface area contributed by atoms with Crippen LogP contribution in [0.2, 0.25) is 5.28 Å². The fraction of sp³-hybridized carbons (Fsp3) is 0.571. The van der Waals surface area contributed by atoms with E-state index in [1.165, 1.54) is 25.7 Å². The summed E-state index contributed by atoms with van der Waals surface area (Å²) < 4.78 is 5.92. The van der Waals surface area contributed by atoms with Crippen LogP contribution in [0.25, 0.3) is 10.2 Å². The lowest BCUT2D eigenvalue weighted by Crippen LogP contribution is -2.12. The van der Waals surface area contributed by atoms with Crippen molar-refractivity contribution in [3.05, 3.63) is 16.7 Å². The summed E-state index contributed by atoms with van der Waals surface area (Å²) in [5.41, 5.74) is 0. The lowest BCUT2D eigenvalue weighted by atomic mass is 10.1. The number of hydrogen-bond acceptors (Lipinski definition) is 4. The van der Waals surface area contributed by atoms with Crippen molar-refractivity contribution in [3.63, 3.8) is 0 Å². The molecule has 0 N–H and O–H groups in total. The van der Waals surface area contributed by atoms with Crippen molar-refractivity contribution in [2.24, 2.45) is 0 Å². The quantitative estimate of drug-likeness (QED) is 0.528. The molecule has 0 aliphatic heterocycles. The van der Waals surface area contributed by atoms with E-state index >= 15 is 0 Å². The Hall–Kier alpha value is -0.870. The number of halogens is 1. The fourth-order valence-corrected chi connectivity index (χ4v) is 2.97. The standard InChI is InChI=1S/C14H19ClN2OS/c1-3-4-5-6-7-10(2)18-12-11-8-9-19-13(11)17-14(15)16-12/h8-10H,3-7H2,1-2H3. The minimum absolute atomic E-state index is 0.158. The van der Waals surface area contributed by atoms with E-state index in [1.807, 2.05) is 11.4 Å². The second-order valence-corrected chi connectivity index (χ2v) is 5.95. The molecule has 0 aliphatic carbocycles. The van der Waals surface area contributed by atoms with Crippen LogP contribution in [0.5, 0.6) is 5.88 Å². The van der Waals surface area contributed by atoms with E-state index in [1.54, 1.807) is 11.3 Å². The normalized spacial score (nSPS) is 12.8. The van der Waals surface area contributed by atoms with Crippen molar-refractivity contribution < 1.29 is 4.74 Å². The highest BCUT2D eigenvalue weighted by Crippen LogP contribution is 2.29. The van der Waals surface area contributed by atoms with Gasteiger partial charge in [-0.1, -0.05) is 26.2 Å². The number of thiophene rings is 1. The van der Waals surface area contributed by atoms with E-state index in [0.29, 0.717) is 5.88 Å². The molecule has 5 heteroatoms. The van der Waals surface area contributed by atoms with Gasteiger partial charge in [-0.05, 0) is 42.8 Å². The molecule has 1 atom stereocenters. The summed E-state index contributed by atoms with van der Waals surface area (Å²) in [6.07, 6.45) is 6.22. The number of aromatic nitrogens is 2. The maximum atomic E-state index is 5.92. The van der Waals surface area contributed by atoms with Crippen LogP contribution in [0, 0.1) is 0 Å². The second kappa shape index (κ2) is 7.06. The summed E-state index contributed by atoms with van der Waals surface area (Å²) in [5, 5.41) is 3.19. The molecular weight excluding hydrogens is 280 g/mol. The maximum Gasteiger partial charge on any atom is 0.227 e. The Balaban J connectivity index is 1.98. The van der Waals surface area contributed by atoms with Crippen LogP contribution < -0.4 is 4.74 Å². The van der Waals surface area contributed by atoms with Gasteiger partial charge in [0.2, 0.25) is 11.2 Å². The zero-order chi connectivity index (χ0) is 13.7. The minimum atomic E-state index is 0.158. The Kier molecular flexibility index (Phi) is 5.40. The molecule has 0 saturated heterocycles. The Morgan fingerprint density at radius 1 is 1.32 bits per heavy atom. The topological polar surface area (TPSA) is 35.0 Å². The lowest BCUT2D eigenvalue weighted by Gasteiger charge is -2.14. The molecule has 0 aromatic carbocycles. The second-order valence-electron chi connectivity index (χ2n) is 4.72. The summed E-state index contributed by atoms with van der Waals surface area (Å²) in [6, 6.07) is 1.98. The highest BCUT2D eigenvalue weighted by atomic mass is 35.5. The van der Waals surface area contributed by atoms with E-state index in [2.05, 4.69) is 23.8 Å². The third-order valence-electron chi connectivity index (χ3n) is 3.04. The van der Waals surface area contributed by atoms with Crippen LogP contribution in [-0.2, 0) is 0 Å². The van der Waals surface area contributed by atoms with E-state index < -0.39 is 0 Å². The maximum absolute atomic E-state index is 5.92. The number of fused-ring (bicyclic) bond motifs is 1. The number of unbranched alkanes of at least 4 members (excludes halogenated alkanes) is 3. The predicted octanol–water partition coefficient (Wildman–Crippen LogP) is 5.08. The van der Waals surface area contributed by atoms with Crippen LogP contribution in [0.15, 0.2) is 11.4 Å². The van der Waals surface area contributed by atoms with E-state index in [4.69, 9.17) is 16.3 Å². The van der Waals surface area contributed by atoms with Crippen molar-refractivity contribution >= 4 is 33.2 Å². The van der Waals surface area contributed by atoms with E-state index in [9.17, 15) is 0 Å². The Morgan fingerprint density at radius 2 is 2.16 bits per heavy atom. The van der Waals surface area contributed by atoms with Gasteiger partial charge in [-0.2, -0.15) is 4.98 Å². The first-order chi connectivity index (χ1) is 9.20. The molecule has 0 radical (unpaired) electrons. The first kappa shape index (κ1) is 14.5. The molecule has 0 spiro atoms. The molecule has 0 amide bonds.